The predicted octanol–water partition coefficient (Wildman–Crippen LogP) is 2.35. The SMILES string of the molecule is C[C@@H]1C[C@H]2CN(C(=O)COc3cccc(Cl)c3)C[C@H]2O1. The zero-order valence-corrected chi connectivity index (χ0v) is 12.2. The van der Waals surface area contributed by atoms with Crippen molar-refractivity contribution in [1.82, 2.24) is 4.90 Å². The lowest BCUT2D eigenvalue weighted by Gasteiger charge is -2.18. The van der Waals surface area contributed by atoms with Gasteiger partial charge in [0.05, 0.1) is 12.2 Å². The summed E-state index contributed by atoms with van der Waals surface area (Å²) in [6.45, 7) is 3.61. The first-order chi connectivity index (χ1) is 9.61. The highest BCUT2D eigenvalue weighted by molar-refractivity contribution is 6.30. The van der Waals surface area contributed by atoms with Gasteiger partial charge >= 0.3 is 0 Å². The summed E-state index contributed by atoms with van der Waals surface area (Å²) in [6, 6.07) is 7.08. The van der Waals surface area contributed by atoms with Crippen LogP contribution in [-0.4, -0.2) is 42.7 Å². The number of carbonyl (C=O) groups excluding carboxylic acids is 1. The largest absolute Gasteiger partial charge is 0.484 e. The van der Waals surface area contributed by atoms with Crippen molar-refractivity contribution in [2.24, 2.45) is 5.92 Å². The average Bonchev–Trinajstić information content (AvgIpc) is 2.93. The van der Waals surface area contributed by atoms with Gasteiger partial charge in [-0.1, -0.05) is 17.7 Å². The molecule has 0 radical (unpaired) electrons. The first-order valence-electron chi connectivity index (χ1n) is 6.93. The zero-order valence-electron chi connectivity index (χ0n) is 11.4. The number of carbonyl (C=O) groups is 1. The highest BCUT2D eigenvalue weighted by Gasteiger charge is 2.41. The van der Waals surface area contributed by atoms with Crippen LogP contribution in [0.4, 0.5) is 0 Å². The molecule has 0 N–H and O–H groups in total. The van der Waals surface area contributed by atoms with Crippen LogP contribution in [0, 0.1) is 5.92 Å². The molecule has 2 heterocycles. The van der Waals surface area contributed by atoms with E-state index in [1.165, 1.54) is 0 Å². The van der Waals surface area contributed by atoms with Crippen LogP contribution in [-0.2, 0) is 9.53 Å². The summed E-state index contributed by atoms with van der Waals surface area (Å²) in [5.41, 5.74) is 0. The van der Waals surface area contributed by atoms with Crippen LogP contribution in [0.15, 0.2) is 24.3 Å². The molecular weight excluding hydrogens is 278 g/mol. The van der Waals surface area contributed by atoms with Crippen molar-refractivity contribution in [3.63, 3.8) is 0 Å². The van der Waals surface area contributed by atoms with Crippen LogP contribution >= 0.6 is 11.6 Å². The van der Waals surface area contributed by atoms with E-state index in [1.54, 1.807) is 24.3 Å². The van der Waals surface area contributed by atoms with Gasteiger partial charge < -0.3 is 14.4 Å². The molecule has 3 rings (SSSR count). The number of nitrogens with zero attached hydrogens (tertiary/aromatic N) is 1. The third kappa shape index (κ3) is 2.91. The number of benzene rings is 1. The average molecular weight is 296 g/mol. The molecule has 0 unspecified atom stereocenters. The Morgan fingerprint density at radius 2 is 2.35 bits per heavy atom. The van der Waals surface area contributed by atoms with Gasteiger partial charge in [0.15, 0.2) is 6.61 Å². The maximum absolute atomic E-state index is 12.1. The number of rotatable bonds is 3. The first-order valence-corrected chi connectivity index (χ1v) is 7.31. The van der Waals surface area contributed by atoms with Crippen LogP contribution in [0.25, 0.3) is 0 Å². The van der Waals surface area contributed by atoms with Gasteiger partial charge in [0.25, 0.3) is 5.91 Å². The van der Waals surface area contributed by atoms with Crippen LogP contribution in [0.5, 0.6) is 5.75 Å². The number of ether oxygens (including phenoxy) is 2. The van der Waals surface area contributed by atoms with Crippen LogP contribution < -0.4 is 4.74 Å². The molecule has 4 nitrogen and oxygen atoms in total. The zero-order chi connectivity index (χ0) is 14.1. The Morgan fingerprint density at radius 3 is 3.10 bits per heavy atom. The Labute approximate surface area is 123 Å². The molecule has 1 aromatic carbocycles. The topological polar surface area (TPSA) is 38.8 Å². The van der Waals surface area contributed by atoms with E-state index in [1.807, 2.05) is 4.90 Å². The third-order valence-electron chi connectivity index (χ3n) is 3.93. The Morgan fingerprint density at radius 1 is 1.50 bits per heavy atom. The molecular formula is C15H18ClNO3. The van der Waals surface area contributed by atoms with Crippen molar-refractivity contribution in [1.29, 1.82) is 0 Å². The maximum atomic E-state index is 12.1. The summed E-state index contributed by atoms with van der Waals surface area (Å²) in [6.07, 6.45) is 1.58. The van der Waals surface area contributed by atoms with E-state index < -0.39 is 0 Å². The molecule has 2 aliphatic rings. The van der Waals surface area contributed by atoms with E-state index in [2.05, 4.69) is 6.92 Å². The number of likely N-dealkylation sites (tertiary alicyclic amines) is 1. The monoisotopic (exact) mass is 295 g/mol. The fourth-order valence-electron chi connectivity index (χ4n) is 3.00. The number of fused-ring (bicyclic) bond motifs is 1. The van der Waals surface area contributed by atoms with E-state index in [-0.39, 0.29) is 18.6 Å². The van der Waals surface area contributed by atoms with Gasteiger partial charge in [0.2, 0.25) is 0 Å². The molecule has 2 saturated heterocycles. The minimum absolute atomic E-state index is 0.00984. The van der Waals surface area contributed by atoms with E-state index in [0.717, 1.165) is 13.0 Å². The normalized spacial score (nSPS) is 28.5. The second kappa shape index (κ2) is 5.62. The van der Waals surface area contributed by atoms with E-state index in [0.29, 0.717) is 29.3 Å². The Hall–Kier alpha value is -1.26. The van der Waals surface area contributed by atoms with Gasteiger partial charge in [-0.2, -0.15) is 0 Å². The van der Waals surface area contributed by atoms with Gasteiger partial charge in [-0.3, -0.25) is 4.79 Å². The van der Waals surface area contributed by atoms with Crippen LogP contribution in [0.1, 0.15) is 13.3 Å². The fourth-order valence-corrected chi connectivity index (χ4v) is 3.18. The summed E-state index contributed by atoms with van der Waals surface area (Å²) in [5, 5.41) is 0.605. The molecule has 2 aliphatic heterocycles. The Kier molecular flexibility index (Phi) is 3.85. The summed E-state index contributed by atoms with van der Waals surface area (Å²) < 4.78 is 11.3. The minimum Gasteiger partial charge on any atom is -0.484 e. The molecule has 108 valence electrons. The second-order valence-electron chi connectivity index (χ2n) is 5.53. The Balaban J connectivity index is 1.51. The number of amides is 1. The first kappa shape index (κ1) is 13.7. The third-order valence-corrected chi connectivity index (χ3v) is 4.17. The molecule has 0 aliphatic carbocycles. The standard InChI is InChI=1S/C15H18ClNO3/c1-10-5-11-7-17(8-14(11)20-10)15(18)9-19-13-4-2-3-12(16)6-13/h2-4,6,10-11,14H,5,7-9H2,1H3/t10-,11+,14-/m1/s1. The summed E-state index contributed by atoms with van der Waals surface area (Å²) in [4.78, 5) is 14.0. The molecule has 0 aromatic heterocycles. The molecule has 3 atom stereocenters. The van der Waals surface area contributed by atoms with Gasteiger partial charge in [0.1, 0.15) is 5.75 Å². The van der Waals surface area contributed by atoms with E-state index in [4.69, 9.17) is 21.1 Å². The molecule has 5 heteroatoms. The van der Waals surface area contributed by atoms with Gasteiger partial charge in [0, 0.05) is 24.0 Å². The van der Waals surface area contributed by atoms with E-state index in [9.17, 15) is 4.79 Å². The lowest BCUT2D eigenvalue weighted by molar-refractivity contribution is -0.133. The predicted molar refractivity (Wildman–Crippen MR) is 76.0 cm³/mol. The summed E-state index contributed by atoms with van der Waals surface area (Å²) >= 11 is 5.87. The quantitative estimate of drug-likeness (QED) is 0.859. The number of hydrogen-bond donors (Lipinski definition) is 0. The molecule has 0 spiro atoms. The molecule has 0 bridgehead atoms. The van der Waals surface area contributed by atoms with Crippen molar-refractivity contribution in [2.75, 3.05) is 19.7 Å². The van der Waals surface area contributed by atoms with Gasteiger partial charge in [-0.25, -0.2) is 0 Å². The van der Waals surface area contributed by atoms with Crippen molar-refractivity contribution >= 4 is 17.5 Å². The maximum Gasteiger partial charge on any atom is 0.260 e. The van der Waals surface area contributed by atoms with Crippen molar-refractivity contribution < 1.29 is 14.3 Å². The van der Waals surface area contributed by atoms with Crippen LogP contribution in [0.3, 0.4) is 0 Å². The molecule has 0 saturated carbocycles. The van der Waals surface area contributed by atoms with Gasteiger partial charge in [-0.15, -0.1) is 0 Å². The highest BCUT2D eigenvalue weighted by Crippen LogP contribution is 2.32. The Bertz CT molecular complexity index is 494. The molecule has 1 aromatic rings. The van der Waals surface area contributed by atoms with E-state index >= 15 is 0 Å². The number of hydrogen-bond acceptors (Lipinski definition) is 3. The minimum atomic E-state index is 0.00984. The highest BCUT2D eigenvalue weighted by atomic mass is 35.5. The lowest BCUT2D eigenvalue weighted by Crippen LogP contribution is -2.34. The van der Waals surface area contributed by atoms with Gasteiger partial charge in [-0.05, 0) is 31.5 Å². The van der Waals surface area contributed by atoms with Crippen molar-refractivity contribution in [3.8, 4) is 5.75 Å². The van der Waals surface area contributed by atoms with Crippen molar-refractivity contribution in [3.05, 3.63) is 29.3 Å². The summed E-state index contributed by atoms with van der Waals surface area (Å²) in [7, 11) is 0. The molecule has 1 amide bonds. The van der Waals surface area contributed by atoms with Crippen molar-refractivity contribution in [2.45, 2.75) is 25.6 Å². The smallest absolute Gasteiger partial charge is 0.260 e. The number of halogens is 1. The molecule has 2 fully saturated rings. The fraction of sp³-hybridized carbons (Fsp3) is 0.533. The van der Waals surface area contributed by atoms with Crippen LogP contribution in [0.2, 0.25) is 5.02 Å². The summed E-state index contributed by atoms with van der Waals surface area (Å²) in [5.74, 6) is 1.12. The lowest BCUT2D eigenvalue weighted by atomic mass is 10.0. The second-order valence-corrected chi connectivity index (χ2v) is 5.96. The molecule has 20 heavy (non-hydrogen) atoms.